The molecule has 2 saturated carbocycles. The van der Waals surface area contributed by atoms with Crippen LogP contribution in [0.4, 0.5) is 21.8 Å². The van der Waals surface area contributed by atoms with Crippen LogP contribution >= 0.6 is 0 Å². The Morgan fingerprint density at radius 3 is 2.68 bits per heavy atom. The van der Waals surface area contributed by atoms with E-state index in [1.165, 1.54) is 12.4 Å². The number of amides is 2. The summed E-state index contributed by atoms with van der Waals surface area (Å²) in [6.07, 6.45) is 4.64. The van der Waals surface area contributed by atoms with E-state index in [9.17, 15) is 14.0 Å². The molecule has 1 aliphatic heterocycles. The molecule has 0 aromatic carbocycles. The fourth-order valence-electron chi connectivity index (χ4n) is 5.58. The van der Waals surface area contributed by atoms with Gasteiger partial charge in [-0.3, -0.25) is 9.59 Å². The van der Waals surface area contributed by atoms with Gasteiger partial charge in [0.15, 0.2) is 11.6 Å². The SMILES string of the molecule is CNC(=O)c1ncc(Nc2ncc(F)c(N3C[C@@]4(CNC(=O)C5CC5)[C@@H](C)[C@@]4(C)C3)n2)cc1C. The van der Waals surface area contributed by atoms with Gasteiger partial charge in [0.25, 0.3) is 5.91 Å². The van der Waals surface area contributed by atoms with Crippen molar-refractivity contribution in [2.75, 3.05) is 36.9 Å². The normalized spacial score (nSPS) is 27.2. The van der Waals surface area contributed by atoms with Gasteiger partial charge >= 0.3 is 0 Å². The fourth-order valence-corrected chi connectivity index (χ4v) is 5.58. The second kappa shape index (κ2) is 7.89. The number of rotatable bonds is 7. The number of nitrogens with zero attached hydrogens (tertiary/aromatic N) is 4. The number of anilines is 3. The zero-order valence-electron chi connectivity index (χ0n) is 19.9. The van der Waals surface area contributed by atoms with Gasteiger partial charge in [0.2, 0.25) is 11.9 Å². The summed E-state index contributed by atoms with van der Waals surface area (Å²) in [6, 6.07) is 1.77. The molecule has 34 heavy (non-hydrogen) atoms. The molecule has 10 heteroatoms. The maximum Gasteiger partial charge on any atom is 0.269 e. The molecule has 3 atom stereocenters. The number of piperidine rings is 1. The minimum Gasteiger partial charge on any atom is -0.355 e. The van der Waals surface area contributed by atoms with E-state index < -0.39 is 5.82 Å². The van der Waals surface area contributed by atoms with Crippen LogP contribution in [0.15, 0.2) is 18.5 Å². The molecule has 2 aliphatic carbocycles. The van der Waals surface area contributed by atoms with E-state index in [2.05, 4.69) is 44.7 Å². The van der Waals surface area contributed by atoms with Crippen molar-refractivity contribution >= 4 is 29.3 Å². The number of aromatic nitrogens is 3. The van der Waals surface area contributed by atoms with E-state index in [0.29, 0.717) is 42.5 Å². The lowest BCUT2D eigenvalue weighted by molar-refractivity contribution is -0.122. The molecule has 0 unspecified atom stereocenters. The lowest BCUT2D eigenvalue weighted by Crippen LogP contribution is -2.37. The first-order valence-corrected chi connectivity index (χ1v) is 11.7. The Hall–Kier alpha value is -3.30. The summed E-state index contributed by atoms with van der Waals surface area (Å²) in [4.78, 5) is 38.8. The van der Waals surface area contributed by atoms with Crippen LogP contribution in [-0.2, 0) is 4.79 Å². The van der Waals surface area contributed by atoms with Crippen LogP contribution in [0.25, 0.3) is 0 Å². The van der Waals surface area contributed by atoms with E-state index in [1.807, 2.05) is 4.90 Å². The van der Waals surface area contributed by atoms with Crippen molar-refractivity contribution in [3.8, 4) is 0 Å². The minimum absolute atomic E-state index is 0.00841. The number of nitrogens with one attached hydrogen (secondary N) is 3. The maximum atomic E-state index is 14.8. The Kier molecular flexibility index (Phi) is 5.22. The highest BCUT2D eigenvalue weighted by molar-refractivity contribution is 5.93. The Balaban J connectivity index is 1.32. The standard InChI is InChI=1S/C24H30FN7O2/c1-13-7-16(8-27-18(13)21(34)26-4)30-22-28-9-17(25)19(31-22)32-11-23(3)14(2)24(23,12-32)10-29-20(33)15-5-6-15/h7-9,14-15H,5-6,10-12H2,1-4H3,(H,26,34)(H,29,33)(H,28,30,31)/t14-,23+,24-/m0/s1. The van der Waals surface area contributed by atoms with E-state index >= 15 is 0 Å². The fraction of sp³-hybridized carbons (Fsp3) is 0.542. The number of hydrogen-bond acceptors (Lipinski definition) is 7. The number of aryl methyl sites for hydroxylation is 1. The van der Waals surface area contributed by atoms with Crippen molar-refractivity contribution in [1.82, 2.24) is 25.6 Å². The van der Waals surface area contributed by atoms with Crippen molar-refractivity contribution in [2.45, 2.75) is 33.6 Å². The van der Waals surface area contributed by atoms with Gasteiger partial charge in [-0.2, -0.15) is 4.98 Å². The summed E-state index contributed by atoms with van der Waals surface area (Å²) < 4.78 is 14.8. The third-order valence-electron chi connectivity index (χ3n) is 8.16. The second-order valence-electron chi connectivity index (χ2n) is 10.1. The number of pyridine rings is 1. The van der Waals surface area contributed by atoms with E-state index in [0.717, 1.165) is 12.8 Å². The van der Waals surface area contributed by atoms with Gasteiger partial charge < -0.3 is 20.9 Å². The molecule has 1 saturated heterocycles. The summed E-state index contributed by atoms with van der Waals surface area (Å²) in [5.41, 5.74) is 1.55. The van der Waals surface area contributed by atoms with Crippen LogP contribution in [0.1, 0.15) is 42.7 Å². The van der Waals surface area contributed by atoms with Gasteiger partial charge in [-0.05, 0) is 42.7 Å². The molecule has 2 aromatic heterocycles. The van der Waals surface area contributed by atoms with Crippen LogP contribution < -0.4 is 20.9 Å². The van der Waals surface area contributed by atoms with Gasteiger partial charge in [-0.1, -0.05) is 13.8 Å². The molecular formula is C24H30FN7O2. The van der Waals surface area contributed by atoms with Crippen molar-refractivity contribution in [2.24, 2.45) is 22.7 Å². The average molecular weight is 468 g/mol. The predicted molar refractivity (Wildman–Crippen MR) is 125 cm³/mol. The highest BCUT2D eigenvalue weighted by Crippen LogP contribution is 2.72. The number of hydrogen-bond donors (Lipinski definition) is 3. The van der Waals surface area contributed by atoms with Gasteiger partial charge in [0, 0.05) is 38.0 Å². The zero-order chi connectivity index (χ0) is 24.3. The summed E-state index contributed by atoms with van der Waals surface area (Å²) >= 11 is 0. The van der Waals surface area contributed by atoms with Crippen LogP contribution in [0.5, 0.6) is 0 Å². The first kappa shape index (κ1) is 22.5. The number of carbonyl (C=O) groups is 2. The monoisotopic (exact) mass is 467 g/mol. The van der Waals surface area contributed by atoms with Crippen LogP contribution in [0.3, 0.4) is 0 Å². The largest absolute Gasteiger partial charge is 0.355 e. The number of fused-ring (bicyclic) bond motifs is 1. The highest BCUT2D eigenvalue weighted by Gasteiger charge is 2.75. The molecule has 2 amide bonds. The molecule has 9 nitrogen and oxygen atoms in total. The lowest BCUT2D eigenvalue weighted by Gasteiger charge is -2.25. The molecule has 0 radical (unpaired) electrons. The van der Waals surface area contributed by atoms with Gasteiger partial charge in [-0.25, -0.2) is 14.4 Å². The Labute approximate surface area is 198 Å². The summed E-state index contributed by atoms with van der Waals surface area (Å²) in [5.74, 6) is 0.501. The van der Waals surface area contributed by atoms with E-state index in [4.69, 9.17) is 0 Å². The van der Waals surface area contributed by atoms with Gasteiger partial charge in [-0.15, -0.1) is 0 Å². The molecule has 0 spiro atoms. The zero-order valence-corrected chi connectivity index (χ0v) is 19.9. The number of carbonyl (C=O) groups excluding carboxylic acids is 2. The molecule has 3 heterocycles. The molecule has 3 N–H and O–H groups in total. The maximum absolute atomic E-state index is 14.8. The first-order chi connectivity index (χ1) is 16.2. The lowest BCUT2D eigenvalue weighted by atomic mass is 9.98. The van der Waals surface area contributed by atoms with Crippen molar-refractivity contribution in [3.63, 3.8) is 0 Å². The molecule has 2 aromatic rings. The third-order valence-corrected chi connectivity index (χ3v) is 8.16. The summed E-state index contributed by atoms with van der Waals surface area (Å²) in [6.45, 7) is 8.12. The molecule has 0 bridgehead atoms. The summed E-state index contributed by atoms with van der Waals surface area (Å²) in [7, 11) is 1.55. The third kappa shape index (κ3) is 3.56. The Bertz CT molecular complexity index is 1170. The summed E-state index contributed by atoms with van der Waals surface area (Å²) in [5, 5.41) is 8.76. The Morgan fingerprint density at radius 2 is 2.00 bits per heavy atom. The number of halogens is 1. The van der Waals surface area contributed by atoms with E-state index in [-0.39, 0.29) is 40.3 Å². The average Bonchev–Trinajstić information content (AvgIpc) is 3.70. The molecule has 5 rings (SSSR count). The second-order valence-corrected chi connectivity index (χ2v) is 10.1. The smallest absolute Gasteiger partial charge is 0.269 e. The highest BCUT2D eigenvalue weighted by atomic mass is 19.1. The molecular weight excluding hydrogens is 437 g/mol. The molecule has 180 valence electrons. The van der Waals surface area contributed by atoms with Crippen LogP contribution in [-0.4, -0.2) is 53.4 Å². The van der Waals surface area contributed by atoms with Crippen molar-refractivity contribution in [3.05, 3.63) is 35.5 Å². The first-order valence-electron chi connectivity index (χ1n) is 11.7. The predicted octanol–water partition coefficient (Wildman–Crippen LogP) is 2.41. The molecule has 3 aliphatic rings. The van der Waals surface area contributed by atoms with Gasteiger partial charge in [0.05, 0.1) is 18.1 Å². The van der Waals surface area contributed by atoms with Crippen LogP contribution in [0.2, 0.25) is 0 Å². The topological polar surface area (TPSA) is 112 Å². The van der Waals surface area contributed by atoms with E-state index in [1.54, 1.807) is 20.0 Å². The van der Waals surface area contributed by atoms with Crippen LogP contribution in [0, 0.1) is 35.4 Å². The van der Waals surface area contributed by atoms with Crippen molar-refractivity contribution < 1.29 is 14.0 Å². The molecule has 3 fully saturated rings. The van der Waals surface area contributed by atoms with Gasteiger partial charge in [0.1, 0.15) is 5.69 Å². The quantitative estimate of drug-likeness (QED) is 0.573. The van der Waals surface area contributed by atoms with Crippen molar-refractivity contribution in [1.29, 1.82) is 0 Å². The Morgan fingerprint density at radius 1 is 1.24 bits per heavy atom. The minimum atomic E-state index is -0.482.